The molecule has 0 radical (unpaired) electrons. The number of benzene rings is 2. The molecular formula is C20H24N2O2. The highest BCUT2D eigenvalue weighted by atomic mass is 16.3. The Balaban J connectivity index is 1.67. The summed E-state index contributed by atoms with van der Waals surface area (Å²) >= 11 is 0. The highest BCUT2D eigenvalue weighted by Crippen LogP contribution is 2.27. The van der Waals surface area contributed by atoms with Crippen molar-refractivity contribution in [2.45, 2.75) is 32.4 Å². The van der Waals surface area contributed by atoms with E-state index in [0.717, 1.165) is 37.3 Å². The van der Waals surface area contributed by atoms with Gasteiger partial charge < -0.3 is 10.4 Å². The van der Waals surface area contributed by atoms with Gasteiger partial charge in [-0.3, -0.25) is 9.69 Å². The molecule has 0 fully saturated rings. The molecule has 126 valence electrons. The maximum Gasteiger partial charge on any atom is 0.227 e. The van der Waals surface area contributed by atoms with E-state index in [2.05, 4.69) is 23.2 Å². The van der Waals surface area contributed by atoms with Gasteiger partial charge in [0.1, 0.15) is 0 Å². The minimum Gasteiger partial charge on any atom is -0.388 e. The molecule has 1 atom stereocenters. The van der Waals surface area contributed by atoms with E-state index in [9.17, 15) is 9.90 Å². The largest absolute Gasteiger partial charge is 0.388 e. The van der Waals surface area contributed by atoms with Gasteiger partial charge in [0.15, 0.2) is 0 Å². The number of nitrogens with zero attached hydrogens (tertiary/aromatic N) is 1. The van der Waals surface area contributed by atoms with Crippen LogP contribution in [0.15, 0.2) is 48.5 Å². The van der Waals surface area contributed by atoms with Crippen molar-refractivity contribution < 1.29 is 9.90 Å². The predicted molar refractivity (Wildman–Crippen MR) is 95.7 cm³/mol. The van der Waals surface area contributed by atoms with Crippen molar-refractivity contribution in [2.24, 2.45) is 0 Å². The van der Waals surface area contributed by atoms with Crippen molar-refractivity contribution in [1.29, 1.82) is 0 Å². The number of likely N-dealkylation sites (N-methyl/N-ethyl adjacent to an activating group) is 1. The molecule has 1 heterocycles. The molecular weight excluding hydrogens is 300 g/mol. The van der Waals surface area contributed by atoms with E-state index in [4.69, 9.17) is 0 Å². The number of hydrogen-bond donors (Lipinski definition) is 2. The maximum absolute atomic E-state index is 12.3. The highest BCUT2D eigenvalue weighted by molar-refractivity contribution is 5.92. The van der Waals surface area contributed by atoms with Crippen LogP contribution in [0.2, 0.25) is 0 Å². The number of carbonyl (C=O) groups excluding carboxylic acids is 1. The molecule has 1 unspecified atom stereocenters. The van der Waals surface area contributed by atoms with Gasteiger partial charge in [-0.05, 0) is 35.7 Å². The zero-order chi connectivity index (χ0) is 16.9. The van der Waals surface area contributed by atoms with Gasteiger partial charge in [-0.1, -0.05) is 49.4 Å². The molecule has 4 heteroatoms. The van der Waals surface area contributed by atoms with Gasteiger partial charge in [0.05, 0.1) is 12.5 Å². The van der Waals surface area contributed by atoms with E-state index >= 15 is 0 Å². The number of aliphatic hydroxyl groups excluding tert-OH is 1. The van der Waals surface area contributed by atoms with Crippen molar-refractivity contribution in [1.82, 2.24) is 4.90 Å². The van der Waals surface area contributed by atoms with E-state index < -0.39 is 6.10 Å². The number of anilines is 1. The van der Waals surface area contributed by atoms with Gasteiger partial charge >= 0.3 is 0 Å². The summed E-state index contributed by atoms with van der Waals surface area (Å²) in [5.41, 5.74) is 4.16. The van der Waals surface area contributed by atoms with Crippen LogP contribution in [0.1, 0.15) is 36.1 Å². The Kier molecular flexibility index (Phi) is 5.28. The Morgan fingerprint density at radius 1 is 1.21 bits per heavy atom. The molecule has 24 heavy (non-hydrogen) atoms. The number of carbonyl (C=O) groups is 1. The number of hydrogen-bond acceptors (Lipinski definition) is 3. The normalized spacial score (nSPS) is 15.6. The van der Waals surface area contributed by atoms with E-state index in [0.29, 0.717) is 0 Å². The number of amides is 1. The Hall–Kier alpha value is -2.17. The lowest BCUT2D eigenvalue weighted by Crippen LogP contribution is -2.31. The summed E-state index contributed by atoms with van der Waals surface area (Å²) in [6.45, 7) is 5.16. The second kappa shape index (κ2) is 7.60. The molecule has 2 N–H and O–H groups in total. The van der Waals surface area contributed by atoms with Gasteiger partial charge in [-0.2, -0.15) is 0 Å². The summed E-state index contributed by atoms with van der Waals surface area (Å²) in [7, 11) is 0. The summed E-state index contributed by atoms with van der Waals surface area (Å²) in [5, 5.41) is 13.2. The maximum atomic E-state index is 12.3. The summed E-state index contributed by atoms with van der Waals surface area (Å²) in [6, 6.07) is 15.4. The molecule has 1 aliphatic rings. The summed E-state index contributed by atoms with van der Waals surface area (Å²) in [4.78, 5) is 14.7. The van der Waals surface area contributed by atoms with Gasteiger partial charge in [-0.15, -0.1) is 0 Å². The number of rotatable bonds is 5. The minimum absolute atomic E-state index is 0.0643. The second-order valence-corrected chi connectivity index (χ2v) is 6.24. The SMILES string of the molecule is CCN1CCc2c(cccc2NC(=O)CC(O)c2ccccc2)C1. The lowest BCUT2D eigenvalue weighted by atomic mass is 9.97. The Morgan fingerprint density at radius 2 is 2.00 bits per heavy atom. The molecule has 0 aliphatic carbocycles. The van der Waals surface area contributed by atoms with Crippen LogP contribution < -0.4 is 5.32 Å². The van der Waals surface area contributed by atoms with E-state index in [1.54, 1.807) is 0 Å². The Bertz CT molecular complexity index is 700. The smallest absolute Gasteiger partial charge is 0.227 e. The first-order valence-electron chi connectivity index (χ1n) is 8.53. The van der Waals surface area contributed by atoms with Gasteiger partial charge in [0.25, 0.3) is 0 Å². The monoisotopic (exact) mass is 324 g/mol. The van der Waals surface area contributed by atoms with Crippen LogP contribution in [0.3, 0.4) is 0 Å². The van der Waals surface area contributed by atoms with Crippen molar-refractivity contribution in [2.75, 3.05) is 18.4 Å². The molecule has 0 saturated carbocycles. The van der Waals surface area contributed by atoms with Crippen molar-refractivity contribution >= 4 is 11.6 Å². The van der Waals surface area contributed by atoms with Gasteiger partial charge in [0, 0.05) is 18.8 Å². The van der Waals surface area contributed by atoms with E-state index in [-0.39, 0.29) is 12.3 Å². The molecule has 1 amide bonds. The first kappa shape index (κ1) is 16.7. The highest BCUT2D eigenvalue weighted by Gasteiger charge is 2.19. The summed E-state index contributed by atoms with van der Waals surface area (Å²) < 4.78 is 0. The first-order chi connectivity index (χ1) is 11.7. The summed E-state index contributed by atoms with van der Waals surface area (Å²) in [6.07, 6.45) is 0.233. The standard InChI is InChI=1S/C20H24N2O2/c1-2-22-12-11-17-16(14-22)9-6-10-18(17)21-20(24)13-19(23)15-7-4-3-5-8-15/h3-10,19,23H,2,11-14H2,1H3,(H,21,24). The second-order valence-electron chi connectivity index (χ2n) is 6.24. The zero-order valence-electron chi connectivity index (χ0n) is 14.0. The fourth-order valence-corrected chi connectivity index (χ4v) is 3.22. The average molecular weight is 324 g/mol. The number of nitrogens with one attached hydrogen (secondary N) is 1. The van der Waals surface area contributed by atoms with Crippen LogP contribution in [-0.2, 0) is 17.8 Å². The van der Waals surface area contributed by atoms with Crippen molar-refractivity contribution in [3.63, 3.8) is 0 Å². The molecule has 0 aromatic heterocycles. The summed E-state index contributed by atoms with van der Waals surface area (Å²) in [5.74, 6) is -0.155. The fraction of sp³-hybridized carbons (Fsp3) is 0.350. The van der Waals surface area contributed by atoms with Crippen LogP contribution in [0.5, 0.6) is 0 Å². The molecule has 4 nitrogen and oxygen atoms in total. The fourth-order valence-electron chi connectivity index (χ4n) is 3.22. The zero-order valence-corrected chi connectivity index (χ0v) is 14.0. The van der Waals surface area contributed by atoms with Crippen LogP contribution in [0, 0.1) is 0 Å². The molecule has 0 spiro atoms. The topological polar surface area (TPSA) is 52.6 Å². The molecule has 1 aliphatic heterocycles. The third kappa shape index (κ3) is 3.83. The number of fused-ring (bicyclic) bond motifs is 1. The van der Waals surface area contributed by atoms with Gasteiger partial charge in [0.2, 0.25) is 5.91 Å². The molecule has 3 rings (SSSR count). The van der Waals surface area contributed by atoms with Gasteiger partial charge in [-0.25, -0.2) is 0 Å². The first-order valence-corrected chi connectivity index (χ1v) is 8.53. The third-order valence-corrected chi connectivity index (χ3v) is 4.63. The Labute approximate surface area is 143 Å². The molecule has 2 aromatic carbocycles. The van der Waals surface area contributed by atoms with Crippen LogP contribution in [-0.4, -0.2) is 29.0 Å². The quantitative estimate of drug-likeness (QED) is 0.888. The Morgan fingerprint density at radius 3 is 2.75 bits per heavy atom. The van der Waals surface area contributed by atoms with Crippen molar-refractivity contribution in [3.05, 3.63) is 65.2 Å². The predicted octanol–water partition coefficient (Wildman–Crippen LogP) is 3.13. The van der Waals surface area contributed by atoms with Crippen LogP contribution in [0.4, 0.5) is 5.69 Å². The van der Waals surface area contributed by atoms with E-state index in [1.165, 1.54) is 11.1 Å². The molecule has 0 saturated heterocycles. The van der Waals surface area contributed by atoms with Crippen molar-refractivity contribution in [3.8, 4) is 0 Å². The third-order valence-electron chi connectivity index (χ3n) is 4.63. The lowest BCUT2D eigenvalue weighted by Gasteiger charge is -2.29. The average Bonchev–Trinajstić information content (AvgIpc) is 2.62. The lowest BCUT2D eigenvalue weighted by molar-refractivity contribution is -0.118. The molecule has 2 aromatic rings. The van der Waals surface area contributed by atoms with E-state index in [1.807, 2.05) is 42.5 Å². The van der Waals surface area contributed by atoms with Crippen LogP contribution >= 0.6 is 0 Å². The molecule has 0 bridgehead atoms. The van der Waals surface area contributed by atoms with Crippen LogP contribution in [0.25, 0.3) is 0 Å². The minimum atomic E-state index is -0.777. The number of aliphatic hydroxyl groups is 1.